The van der Waals surface area contributed by atoms with Gasteiger partial charge in [0.15, 0.2) is 5.96 Å². The van der Waals surface area contributed by atoms with Crippen molar-refractivity contribution in [3.8, 4) is 5.75 Å². The van der Waals surface area contributed by atoms with Gasteiger partial charge < -0.3 is 25.4 Å². The average Bonchev–Trinajstić information content (AvgIpc) is 2.65. The van der Waals surface area contributed by atoms with E-state index in [-0.39, 0.29) is 61.0 Å². The van der Waals surface area contributed by atoms with E-state index in [1.165, 1.54) is 12.1 Å². The Morgan fingerprint density at radius 2 is 2.03 bits per heavy atom. The molecule has 11 heteroatoms. The number of guanidine groups is 1. The lowest BCUT2D eigenvalue weighted by molar-refractivity contribution is -0.137. The number of ether oxygens (including phenoxy) is 2. The van der Waals surface area contributed by atoms with Gasteiger partial charge in [0, 0.05) is 19.1 Å². The second-order valence-corrected chi connectivity index (χ2v) is 6.25. The Morgan fingerprint density at radius 1 is 1.34 bits per heavy atom. The second-order valence-electron chi connectivity index (χ2n) is 6.25. The van der Waals surface area contributed by atoms with Crippen molar-refractivity contribution in [2.45, 2.75) is 32.0 Å². The number of carbonyl (C=O) groups is 1. The van der Waals surface area contributed by atoms with Crippen LogP contribution in [0.1, 0.15) is 25.3 Å². The van der Waals surface area contributed by atoms with Crippen LogP contribution in [-0.4, -0.2) is 55.8 Å². The Labute approximate surface area is 184 Å². The zero-order chi connectivity index (χ0) is 20.6. The summed E-state index contributed by atoms with van der Waals surface area (Å²) in [6, 6.07) is 4.78. The third kappa shape index (κ3) is 8.54. The quantitative estimate of drug-likeness (QED) is 0.255. The van der Waals surface area contributed by atoms with Crippen LogP contribution in [0.3, 0.4) is 0 Å². The molecule has 0 bridgehead atoms. The molecule has 1 heterocycles. The maximum absolute atomic E-state index is 12.7. The van der Waals surface area contributed by atoms with Crippen molar-refractivity contribution in [1.82, 2.24) is 10.2 Å². The number of rotatable bonds is 6. The van der Waals surface area contributed by atoms with Crippen LogP contribution in [0.5, 0.6) is 5.75 Å². The van der Waals surface area contributed by atoms with E-state index in [9.17, 15) is 18.0 Å². The van der Waals surface area contributed by atoms with Crippen molar-refractivity contribution in [3.05, 3.63) is 29.8 Å². The molecule has 164 valence electrons. The highest BCUT2D eigenvalue weighted by atomic mass is 127. The Kier molecular flexibility index (Phi) is 10.3. The molecule has 1 aliphatic heterocycles. The maximum Gasteiger partial charge on any atom is 0.416 e. The number of alkyl halides is 3. The molecule has 1 aromatic carbocycles. The smallest absolute Gasteiger partial charge is 0.416 e. The number of likely N-dealkylation sites (tertiary alicyclic amines) is 1. The number of nitrogens with zero attached hydrogens (tertiary/aromatic N) is 2. The molecule has 1 aromatic rings. The van der Waals surface area contributed by atoms with E-state index in [1.54, 1.807) is 11.8 Å². The van der Waals surface area contributed by atoms with E-state index in [0.717, 1.165) is 25.0 Å². The van der Waals surface area contributed by atoms with Gasteiger partial charge in [-0.2, -0.15) is 13.2 Å². The van der Waals surface area contributed by atoms with Crippen LogP contribution in [0, 0.1) is 0 Å². The van der Waals surface area contributed by atoms with Crippen molar-refractivity contribution < 1.29 is 27.4 Å². The van der Waals surface area contributed by atoms with E-state index < -0.39 is 11.7 Å². The van der Waals surface area contributed by atoms with Crippen LogP contribution < -0.4 is 15.8 Å². The molecule has 0 radical (unpaired) electrons. The topological polar surface area (TPSA) is 89.2 Å². The predicted octanol–water partition coefficient (Wildman–Crippen LogP) is 3.23. The molecule has 0 aromatic heterocycles. The number of aliphatic imine (C=N–C) groups is 1. The molecule has 1 saturated heterocycles. The van der Waals surface area contributed by atoms with Crippen LogP contribution in [0.25, 0.3) is 0 Å². The van der Waals surface area contributed by atoms with Gasteiger partial charge in [-0.1, -0.05) is 6.07 Å². The standard InChI is InChI=1S/C18H25F3N4O3.HI/c1-2-27-17(26)25-9-6-14(7-10-25)24-16(22)23-8-11-28-15-5-3-4-13(12-15)18(19,20)21;/h3-5,12,14H,2,6-11H2,1H3,(H3,22,23,24);1H. The summed E-state index contributed by atoms with van der Waals surface area (Å²) in [5.41, 5.74) is 5.08. The summed E-state index contributed by atoms with van der Waals surface area (Å²) in [5, 5.41) is 3.08. The van der Waals surface area contributed by atoms with Crippen molar-refractivity contribution in [2.75, 3.05) is 32.8 Å². The van der Waals surface area contributed by atoms with Crippen molar-refractivity contribution in [1.29, 1.82) is 0 Å². The summed E-state index contributed by atoms with van der Waals surface area (Å²) in [6.07, 6.45) is -3.28. The predicted molar refractivity (Wildman–Crippen MR) is 114 cm³/mol. The van der Waals surface area contributed by atoms with Crippen LogP contribution in [0.2, 0.25) is 0 Å². The van der Waals surface area contributed by atoms with Gasteiger partial charge in [-0.3, -0.25) is 0 Å². The fourth-order valence-corrected chi connectivity index (χ4v) is 2.77. The highest BCUT2D eigenvalue weighted by molar-refractivity contribution is 14.0. The van der Waals surface area contributed by atoms with Gasteiger partial charge >= 0.3 is 12.3 Å². The van der Waals surface area contributed by atoms with Gasteiger partial charge in [-0.25, -0.2) is 9.79 Å². The molecule has 29 heavy (non-hydrogen) atoms. The molecule has 0 unspecified atom stereocenters. The number of nitrogens with one attached hydrogen (secondary N) is 1. The fraction of sp³-hybridized carbons (Fsp3) is 0.556. The second kappa shape index (κ2) is 11.9. The Bertz CT molecular complexity index is 681. The van der Waals surface area contributed by atoms with Crippen LogP contribution in [-0.2, 0) is 10.9 Å². The number of carbonyl (C=O) groups excluding carboxylic acids is 1. The molecule has 1 fully saturated rings. The lowest BCUT2D eigenvalue weighted by Gasteiger charge is -2.31. The first-order valence-corrected chi connectivity index (χ1v) is 9.07. The third-order valence-electron chi connectivity index (χ3n) is 4.18. The minimum absolute atomic E-state index is 0. The molecule has 0 atom stereocenters. The van der Waals surface area contributed by atoms with Crippen LogP contribution in [0.4, 0.5) is 18.0 Å². The minimum Gasteiger partial charge on any atom is -0.492 e. The number of benzene rings is 1. The molecule has 7 nitrogen and oxygen atoms in total. The van der Waals surface area contributed by atoms with E-state index in [4.69, 9.17) is 15.2 Å². The molecular formula is C18H26F3IN4O3. The average molecular weight is 530 g/mol. The highest BCUT2D eigenvalue weighted by Gasteiger charge is 2.30. The number of amides is 1. The SMILES string of the molecule is CCOC(=O)N1CCC(NC(N)=NCCOc2cccc(C(F)(F)F)c2)CC1.I. The first-order chi connectivity index (χ1) is 13.3. The summed E-state index contributed by atoms with van der Waals surface area (Å²) in [6.45, 7) is 3.56. The summed E-state index contributed by atoms with van der Waals surface area (Å²) < 4.78 is 48.2. The van der Waals surface area contributed by atoms with E-state index in [0.29, 0.717) is 19.7 Å². The van der Waals surface area contributed by atoms with Gasteiger partial charge in [0.2, 0.25) is 0 Å². The Balaban J connectivity index is 0.00000420. The number of hydrogen-bond acceptors (Lipinski definition) is 4. The summed E-state index contributed by atoms with van der Waals surface area (Å²) >= 11 is 0. The Hall–Kier alpha value is -1.92. The number of halogens is 4. The zero-order valence-electron chi connectivity index (χ0n) is 16.1. The van der Waals surface area contributed by atoms with Gasteiger partial charge in [-0.15, -0.1) is 24.0 Å². The lowest BCUT2D eigenvalue weighted by atomic mass is 10.1. The number of hydrogen-bond donors (Lipinski definition) is 2. The van der Waals surface area contributed by atoms with Crippen molar-refractivity contribution in [2.24, 2.45) is 10.7 Å². The first kappa shape index (κ1) is 25.1. The molecular weight excluding hydrogens is 504 g/mol. The normalized spacial score (nSPS) is 15.4. The van der Waals surface area contributed by atoms with Crippen molar-refractivity contribution >= 4 is 36.0 Å². The van der Waals surface area contributed by atoms with Gasteiger partial charge in [-0.05, 0) is 38.0 Å². The first-order valence-electron chi connectivity index (χ1n) is 9.07. The van der Waals surface area contributed by atoms with Gasteiger partial charge in [0.05, 0.1) is 18.7 Å². The third-order valence-corrected chi connectivity index (χ3v) is 4.18. The van der Waals surface area contributed by atoms with Gasteiger partial charge in [0.1, 0.15) is 12.4 Å². The Morgan fingerprint density at radius 3 is 2.66 bits per heavy atom. The molecule has 3 N–H and O–H groups in total. The van der Waals surface area contributed by atoms with Crippen LogP contribution >= 0.6 is 24.0 Å². The molecule has 0 saturated carbocycles. The number of piperidine rings is 1. The number of nitrogens with two attached hydrogens (primary N) is 1. The molecule has 2 rings (SSSR count). The largest absolute Gasteiger partial charge is 0.492 e. The van der Waals surface area contributed by atoms with Crippen molar-refractivity contribution in [3.63, 3.8) is 0 Å². The maximum atomic E-state index is 12.7. The molecule has 1 amide bonds. The van der Waals surface area contributed by atoms with Gasteiger partial charge in [0.25, 0.3) is 0 Å². The molecule has 0 spiro atoms. The zero-order valence-corrected chi connectivity index (χ0v) is 18.4. The van der Waals surface area contributed by atoms with E-state index in [2.05, 4.69) is 10.3 Å². The lowest BCUT2D eigenvalue weighted by Crippen LogP contribution is -2.48. The summed E-state index contributed by atoms with van der Waals surface area (Å²) in [7, 11) is 0. The van der Waals surface area contributed by atoms with E-state index in [1.807, 2.05) is 0 Å². The fourth-order valence-electron chi connectivity index (χ4n) is 2.77. The highest BCUT2D eigenvalue weighted by Crippen LogP contribution is 2.31. The monoisotopic (exact) mass is 530 g/mol. The minimum atomic E-state index is -4.41. The van der Waals surface area contributed by atoms with Crippen LogP contribution in [0.15, 0.2) is 29.3 Å². The summed E-state index contributed by atoms with van der Waals surface area (Å²) in [4.78, 5) is 17.4. The molecule has 0 aliphatic carbocycles. The van der Waals surface area contributed by atoms with E-state index >= 15 is 0 Å². The molecule has 1 aliphatic rings. The summed E-state index contributed by atoms with van der Waals surface area (Å²) in [5.74, 6) is 0.366.